The van der Waals surface area contributed by atoms with Gasteiger partial charge in [0.2, 0.25) is 17.8 Å². The minimum Gasteiger partial charge on any atom is -0.502 e. The lowest BCUT2D eigenvalue weighted by Crippen LogP contribution is -2.60. The second-order valence-electron chi connectivity index (χ2n) is 5.74. The van der Waals surface area contributed by atoms with Gasteiger partial charge in [0.05, 0.1) is 13.7 Å². The molecule has 1 aliphatic rings. The van der Waals surface area contributed by atoms with Crippen LogP contribution in [0.4, 0.5) is 0 Å². The van der Waals surface area contributed by atoms with E-state index in [4.69, 9.17) is 18.6 Å². The van der Waals surface area contributed by atoms with Crippen molar-refractivity contribution in [2.45, 2.75) is 30.7 Å². The Morgan fingerprint density at radius 2 is 1.88 bits per heavy atom. The van der Waals surface area contributed by atoms with Gasteiger partial charge in [-0.2, -0.15) is 0 Å². The van der Waals surface area contributed by atoms with Crippen LogP contribution in [-0.2, 0) is 4.74 Å². The van der Waals surface area contributed by atoms with Gasteiger partial charge in [-0.25, -0.2) is 4.79 Å². The fourth-order valence-corrected chi connectivity index (χ4v) is 2.69. The van der Waals surface area contributed by atoms with E-state index in [1.807, 2.05) is 0 Å². The molecule has 0 aliphatic carbocycles. The molecular weight excluding hydrogens is 352 g/mol. The van der Waals surface area contributed by atoms with Gasteiger partial charge < -0.3 is 44.2 Å². The summed E-state index contributed by atoms with van der Waals surface area (Å²) < 4.78 is 20.8. The number of aromatic hydroxyl groups is 1. The molecule has 5 atom stereocenters. The number of rotatable bonds is 4. The maximum atomic E-state index is 11.5. The van der Waals surface area contributed by atoms with Crippen molar-refractivity contribution in [3.8, 4) is 17.2 Å². The van der Waals surface area contributed by atoms with Gasteiger partial charge in [-0.15, -0.1) is 0 Å². The molecule has 26 heavy (non-hydrogen) atoms. The molecule has 1 fully saturated rings. The van der Waals surface area contributed by atoms with E-state index >= 15 is 0 Å². The van der Waals surface area contributed by atoms with Crippen molar-refractivity contribution < 1.29 is 44.2 Å². The number of benzene rings is 1. The largest absolute Gasteiger partial charge is 0.502 e. The zero-order valence-electron chi connectivity index (χ0n) is 13.6. The lowest BCUT2D eigenvalue weighted by atomic mass is 9.99. The summed E-state index contributed by atoms with van der Waals surface area (Å²) in [4.78, 5) is 11.5. The molecule has 1 saturated heterocycles. The third-order valence-corrected chi connectivity index (χ3v) is 4.11. The normalized spacial score (nSPS) is 28.9. The van der Waals surface area contributed by atoms with Crippen molar-refractivity contribution in [3.63, 3.8) is 0 Å². The Hall–Kier alpha value is -2.37. The van der Waals surface area contributed by atoms with E-state index in [1.54, 1.807) is 0 Å². The van der Waals surface area contributed by atoms with Crippen LogP contribution in [0.2, 0.25) is 0 Å². The number of hydrogen-bond donors (Lipinski definition) is 5. The highest BCUT2D eigenvalue weighted by molar-refractivity contribution is 5.87. The standard InChI is InChI=1S/C16H18O10/c1-23-7-4-6-2-3-9(18)25-14(6)15(11(7)20)26-16-13(22)12(21)10(19)8(5-17)24-16/h2-4,8,10,12-13,16-17,19-22H,5H2,1H3/t8?,10-,12-,13?,16+/m1/s1. The fourth-order valence-electron chi connectivity index (χ4n) is 2.69. The van der Waals surface area contributed by atoms with Gasteiger partial charge in [0.15, 0.2) is 11.3 Å². The quantitative estimate of drug-likeness (QED) is 0.409. The number of aliphatic hydroxyl groups is 4. The van der Waals surface area contributed by atoms with Crippen molar-refractivity contribution >= 4 is 11.0 Å². The summed E-state index contributed by atoms with van der Waals surface area (Å²) in [6.07, 6.45) is -7.72. The number of phenolic OH excluding ortho intramolecular Hbond substituents is 1. The summed E-state index contributed by atoms with van der Waals surface area (Å²) in [5, 5.41) is 49.6. The molecule has 0 radical (unpaired) electrons. The molecule has 2 aromatic rings. The van der Waals surface area contributed by atoms with Gasteiger partial charge in [0, 0.05) is 11.5 Å². The summed E-state index contributed by atoms with van der Waals surface area (Å²) in [7, 11) is 1.30. The lowest BCUT2D eigenvalue weighted by Gasteiger charge is -2.39. The van der Waals surface area contributed by atoms with E-state index in [2.05, 4.69) is 0 Å². The van der Waals surface area contributed by atoms with E-state index in [9.17, 15) is 30.3 Å². The molecule has 0 spiro atoms. The lowest BCUT2D eigenvalue weighted by molar-refractivity contribution is -0.277. The Balaban J connectivity index is 2.06. The van der Waals surface area contributed by atoms with Gasteiger partial charge in [0.1, 0.15) is 24.4 Å². The molecule has 0 amide bonds. The minimum absolute atomic E-state index is 0.00550. The maximum Gasteiger partial charge on any atom is 0.336 e. The molecular formula is C16H18O10. The second-order valence-corrected chi connectivity index (χ2v) is 5.74. The van der Waals surface area contributed by atoms with E-state index in [0.29, 0.717) is 5.39 Å². The van der Waals surface area contributed by atoms with Crippen molar-refractivity contribution in [3.05, 3.63) is 28.6 Å². The van der Waals surface area contributed by atoms with Crippen LogP contribution in [0.1, 0.15) is 0 Å². The average molecular weight is 370 g/mol. The minimum atomic E-state index is -1.70. The summed E-state index contributed by atoms with van der Waals surface area (Å²) in [6, 6.07) is 3.99. The molecule has 2 unspecified atom stereocenters. The Morgan fingerprint density at radius 3 is 2.54 bits per heavy atom. The zero-order valence-corrected chi connectivity index (χ0v) is 13.6. The first-order valence-electron chi connectivity index (χ1n) is 7.68. The van der Waals surface area contributed by atoms with Crippen LogP contribution in [0.5, 0.6) is 17.2 Å². The highest BCUT2D eigenvalue weighted by Gasteiger charge is 2.45. The fraction of sp³-hybridized carbons (Fsp3) is 0.438. The third-order valence-electron chi connectivity index (χ3n) is 4.11. The van der Waals surface area contributed by atoms with E-state index < -0.39 is 48.7 Å². The van der Waals surface area contributed by atoms with Gasteiger partial charge in [-0.3, -0.25) is 0 Å². The van der Waals surface area contributed by atoms with Crippen molar-refractivity contribution in [2.75, 3.05) is 13.7 Å². The monoisotopic (exact) mass is 370 g/mol. The molecule has 5 N–H and O–H groups in total. The third kappa shape index (κ3) is 3.08. The summed E-state index contributed by atoms with van der Waals surface area (Å²) in [5.41, 5.74) is -0.839. The number of methoxy groups -OCH3 is 1. The SMILES string of the molecule is COc1cc2ccc(=O)oc2c(O[C@@H]2OC(CO)[C@@H](O)[C@@H](O)C2O)c1O. The molecule has 2 heterocycles. The molecule has 142 valence electrons. The molecule has 1 aromatic carbocycles. The van der Waals surface area contributed by atoms with Crippen LogP contribution in [0, 0.1) is 0 Å². The smallest absolute Gasteiger partial charge is 0.336 e. The highest BCUT2D eigenvalue weighted by atomic mass is 16.7. The highest BCUT2D eigenvalue weighted by Crippen LogP contribution is 2.43. The van der Waals surface area contributed by atoms with Gasteiger partial charge in [-0.05, 0) is 12.1 Å². The number of ether oxygens (including phenoxy) is 3. The van der Waals surface area contributed by atoms with Crippen LogP contribution in [-0.4, -0.2) is 70.0 Å². The first-order chi connectivity index (χ1) is 12.4. The van der Waals surface area contributed by atoms with Crippen molar-refractivity contribution in [1.29, 1.82) is 0 Å². The summed E-state index contributed by atoms with van der Waals surface area (Å²) in [5.74, 6) is -0.876. The molecule has 10 heteroatoms. The Bertz CT molecular complexity index is 845. The predicted molar refractivity (Wildman–Crippen MR) is 85.1 cm³/mol. The Labute approximate surface area is 146 Å². The van der Waals surface area contributed by atoms with Crippen LogP contribution in [0.15, 0.2) is 27.4 Å². The number of aliphatic hydroxyl groups excluding tert-OH is 4. The average Bonchev–Trinajstić information content (AvgIpc) is 2.64. The van der Waals surface area contributed by atoms with E-state index in [-0.39, 0.29) is 17.1 Å². The van der Waals surface area contributed by atoms with E-state index in [0.717, 1.165) is 6.07 Å². The molecule has 0 bridgehead atoms. The summed E-state index contributed by atoms with van der Waals surface area (Å²) >= 11 is 0. The van der Waals surface area contributed by atoms with Crippen LogP contribution >= 0.6 is 0 Å². The van der Waals surface area contributed by atoms with Gasteiger partial charge >= 0.3 is 5.63 Å². The van der Waals surface area contributed by atoms with Crippen LogP contribution in [0.25, 0.3) is 11.0 Å². The molecule has 3 rings (SSSR count). The number of phenols is 1. The number of hydrogen-bond acceptors (Lipinski definition) is 10. The topological polar surface area (TPSA) is 159 Å². The van der Waals surface area contributed by atoms with Crippen LogP contribution in [0.3, 0.4) is 0 Å². The van der Waals surface area contributed by atoms with Crippen LogP contribution < -0.4 is 15.1 Å². The molecule has 1 aromatic heterocycles. The Kier molecular flexibility index (Phi) is 5.03. The summed E-state index contributed by atoms with van der Waals surface area (Å²) in [6.45, 7) is -0.648. The molecule has 1 aliphatic heterocycles. The van der Waals surface area contributed by atoms with Gasteiger partial charge in [0.25, 0.3) is 0 Å². The first-order valence-corrected chi connectivity index (χ1v) is 7.68. The van der Waals surface area contributed by atoms with Gasteiger partial charge in [-0.1, -0.05) is 0 Å². The zero-order chi connectivity index (χ0) is 19.0. The van der Waals surface area contributed by atoms with Crippen molar-refractivity contribution in [1.82, 2.24) is 0 Å². The molecule has 10 nitrogen and oxygen atoms in total. The molecule has 0 saturated carbocycles. The maximum absolute atomic E-state index is 11.5. The van der Waals surface area contributed by atoms with Crippen molar-refractivity contribution in [2.24, 2.45) is 0 Å². The first kappa shape index (κ1) is 18.4. The predicted octanol–water partition coefficient (Wildman–Crippen LogP) is -1.31. The number of fused-ring (bicyclic) bond motifs is 1. The second kappa shape index (κ2) is 7.09. The Morgan fingerprint density at radius 1 is 1.15 bits per heavy atom. The van der Waals surface area contributed by atoms with E-state index in [1.165, 1.54) is 19.2 Å².